The molecule has 0 amide bonds. The molecule has 2 unspecified atom stereocenters. The van der Waals surface area contributed by atoms with Gasteiger partial charge in [-0.1, -0.05) is 24.3 Å². The minimum atomic E-state index is -0.898. The van der Waals surface area contributed by atoms with Gasteiger partial charge in [-0.15, -0.1) is 11.3 Å². The van der Waals surface area contributed by atoms with Crippen LogP contribution in [0.5, 0.6) is 5.75 Å². The number of aromatic nitrogens is 1. The first kappa shape index (κ1) is 22.0. The van der Waals surface area contributed by atoms with Gasteiger partial charge in [0.1, 0.15) is 17.6 Å². The van der Waals surface area contributed by atoms with Crippen LogP contribution in [-0.4, -0.2) is 41.3 Å². The van der Waals surface area contributed by atoms with E-state index in [-0.39, 0.29) is 5.75 Å². The SMILES string of the molecule is CN(C)C(N)=NC(C)(c1cc(-c2cncc(O)c2)cs1)C(C=O)c1ccc(C2CC2)cc1. The quantitative estimate of drug-likeness (QED) is 0.316. The van der Waals surface area contributed by atoms with Crippen LogP contribution in [0.3, 0.4) is 0 Å². The third-order valence-electron chi connectivity index (χ3n) is 6.05. The van der Waals surface area contributed by atoms with Crippen molar-refractivity contribution in [3.8, 4) is 16.9 Å². The largest absolute Gasteiger partial charge is 0.506 e. The van der Waals surface area contributed by atoms with E-state index >= 15 is 0 Å². The van der Waals surface area contributed by atoms with Crippen molar-refractivity contribution in [1.82, 2.24) is 9.88 Å². The molecule has 2 heterocycles. The second-order valence-corrected chi connectivity index (χ2v) is 9.61. The van der Waals surface area contributed by atoms with Gasteiger partial charge >= 0.3 is 0 Å². The first-order chi connectivity index (χ1) is 15.3. The molecule has 2 atom stereocenters. The summed E-state index contributed by atoms with van der Waals surface area (Å²) in [6.07, 6.45) is 6.54. The molecule has 4 rings (SSSR count). The Labute approximate surface area is 192 Å². The van der Waals surface area contributed by atoms with E-state index in [4.69, 9.17) is 10.7 Å². The molecule has 0 radical (unpaired) electrons. The Balaban J connectivity index is 1.78. The molecule has 3 aromatic rings. The predicted molar refractivity (Wildman–Crippen MR) is 129 cm³/mol. The number of hydrogen-bond donors (Lipinski definition) is 2. The van der Waals surface area contributed by atoms with Gasteiger partial charge in [-0.3, -0.25) is 4.98 Å². The van der Waals surface area contributed by atoms with Crippen LogP contribution < -0.4 is 5.73 Å². The second kappa shape index (κ2) is 8.74. The maximum Gasteiger partial charge on any atom is 0.191 e. The minimum Gasteiger partial charge on any atom is -0.506 e. The summed E-state index contributed by atoms with van der Waals surface area (Å²) < 4.78 is 0. The summed E-state index contributed by atoms with van der Waals surface area (Å²) in [6, 6.07) is 12.0. The average molecular weight is 449 g/mol. The Morgan fingerprint density at radius 3 is 2.56 bits per heavy atom. The maximum absolute atomic E-state index is 12.5. The summed E-state index contributed by atoms with van der Waals surface area (Å²) in [6.45, 7) is 1.95. The molecule has 0 aliphatic heterocycles. The van der Waals surface area contributed by atoms with Crippen LogP contribution in [0.4, 0.5) is 0 Å². The van der Waals surface area contributed by atoms with Gasteiger partial charge in [0, 0.05) is 30.7 Å². The van der Waals surface area contributed by atoms with Crippen LogP contribution in [0.1, 0.15) is 47.6 Å². The van der Waals surface area contributed by atoms with Crippen molar-refractivity contribution in [3.05, 3.63) is 70.2 Å². The highest BCUT2D eigenvalue weighted by Gasteiger charge is 2.39. The number of aldehydes is 1. The number of rotatable bonds is 7. The fraction of sp³-hybridized carbons (Fsp3) is 0.320. The van der Waals surface area contributed by atoms with E-state index in [1.807, 2.05) is 44.6 Å². The monoisotopic (exact) mass is 448 g/mol. The first-order valence-electron chi connectivity index (χ1n) is 10.6. The molecule has 1 aliphatic rings. The van der Waals surface area contributed by atoms with Crippen LogP contribution in [0.15, 0.2) is 59.2 Å². The normalized spacial score (nSPS) is 16.9. The Morgan fingerprint density at radius 1 is 1.25 bits per heavy atom. The maximum atomic E-state index is 12.5. The molecule has 6 nitrogen and oxygen atoms in total. The number of carbonyl (C=O) groups is 1. The molecule has 2 aromatic heterocycles. The van der Waals surface area contributed by atoms with Crippen molar-refractivity contribution in [2.45, 2.75) is 37.1 Å². The Kier molecular flexibility index (Phi) is 6.02. The summed E-state index contributed by atoms with van der Waals surface area (Å²) in [4.78, 5) is 24.0. The van der Waals surface area contributed by atoms with Gasteiger partial charge in [0.15, 0.2) is 5.96 Å². The van der Waals surface area contributed by atoms with Gasteiger partial charge in [0.2, 0.25) is 0 Å². The number of thiophene rings is 1. The number of pyridine rings is 1. The molecule has 3 N–H and O–H groups in total. The lowest BCUT2D eigenvalue weighted by atomic mass is 9.80. The topological polar surface area (TPSA) is 91.8 Å². The molecule has 1 fully saturated rings. The highest BCUT2D eigenvalue weighted by Crippen LogP contribution is 2.45. The van der Waals surface area contributed by atoms with Gasteiger partial charge in [0.25, 0.3) is 0 Å². The van der Waals surface area contributed by atoms with Crippen LogP contribution >= 0.6 is 11.3 Å². The number of carbonyl (C=O) groups excluding carboxylic acids is 1. The molecule has 7 heteroatoms. The van der Waals surface area contributed by atoms with Crippen LogP contribution in [0.25, 0.3) is 11.1 Å². The Bertz CT molecular complexity index is 1130. The predicted octanol–water partition coefficient (Wildman–Crippen LogP) is 4.47. The Hall–Kier alpha value is -3.19. The molecule has 1 aliphatic carbocycles. The zero-order valence-corrected chi connectivity index (χ0v) is 19.3. The molecule has 0 spiro atoms. The second-order valence-electron chi connectivity index (χ2n) is 8.70. The zero-order valence-electron chi connectivity index (χ0n) is 18.5. The summed E-state index contributed by atoms with van der Waals surface area (Å²) in [5.74, 6) is 0.601. The molecular formula is C25H28N4O2S. The van der Waals surface area contributed by atoms with Crippen molar-refractivity contribution in [2.75, 3.05) is 14.1 Å². The Morgan fingerprint density at radius 2 is 1.97 bits per heavy atom. The van der Waals surface area contributed by atoms with Gasteiger partial charge < -0.3 is 20.5 Å². The fourth-order valence-corrected chi connectivity index (χ4v) is 4.95. The third-order valence-corrected chi connectivity index (χ3v) is 7.20. The van der Waals surface area contributed by atoms with Crippen molar-refractivity contribution in [2.24, 2.45) is 10.7 Å². The smallest absolute Gasteiger partial charge is 0.191 e. The molecule has 0 saturated heterocycles. The fourth-order valence-electron chi connectivity index (χ4n) is 3.88. The lowest BCUT2D eigenvalue weighted by Crippen LogP contribution is -2.37. The summed E-state index contributed by atoms with van der Waals surface area (Å²) in [7, 11) is 3.66. The van der Waals surface area contributed by atoms with Crippen molar-refractivity contribution in [3.63, 3.8) is 0 Å². The van der Waals surface area contributed by atoms with Crippen molar-refractivity contribution >= 4 is 23.6 Å². The van der Waals surface area contributed by atoms with Gasteiger partial charge in [-0.05, 0) is 59.9 Å². The van der Waals surface area contributed by atoms with Crippen molar-refractivity contribution in [1.29, 1.82) is 0 Å². The summed E-state index contributed by atoms with van der Waals surface area (Å²) >= 11 is 1.52. The van der Waals surface area contributed by atoms with Crippen LogP contribution in [0, 0.1) is 0 Å². The zero-order chi connectivity index (χ0) is 22.9. The lowest BCUT2D eigenvalue weighted by Gasteiger charge is -2.32. The third kappa shape index (κ3) is 4.39. The van der Waals surface area contributed by atoms with Crippen molar-refractivity contribution < 1.29 is 9.90 Å². The molecule has 1 aromatic carbocycles. The first-order valence-corrected chi connectivity index (χ1v) is 11.5. The van der Waals surface area contributed by atoms with E-state index in [0.717, 1.165) is 27.9 Å². The van der Waals surface area contributed by atoms with Gasteiger partial charge in [-0.2, -0.15) is 0 Å². The molecule has 32 heavy (non-hydrogen) atoms. The number of nitrogens with two attached hydrogens (primary N) is 1. The number of nitrogens with zero attached hydrogens (tertiary/aromatic N) is 3. The van der Waals surface area contributed by atoms with Crippen LogP contribution in [-0.2, 0) is 10.3 Å². The van der Waals surface area contributed by atoms with Crippen LogP contribution in [0.2, 0.25) is 0 Å². The number of aromatic hydroxyl groups is 1. The highest BCUT2D eigenvalue weighted by atomic mass is 32.1. The minimum absolute atomic E-state index is 0.106. The number of hydrogen-bond acceptors (Lipinski definition) is 5. The van der Waals surface area contributed by atoms with E-state index in [2.05, 4.69) is 17.1 Å². The number of aliphatic imine (C=N–C) groups is 1. The van der Waals surface area contributed by atoms with E-state index in [1.165, 1.54) is 35.9 Å². The highest BCUT2D eigenvalue weighted by molar-refractivity contribution is 7.10. The van der Waals surface area contributed by atoms with E-state index in [9.17, 15) is 9.90 Å². The summed E-state index contributed by atoms with van der Waals surface area (Å²) in [5.41, 5.74) is 9.29. The average Bonchev–Trinajstić information content (AvgIpc) is 3.50. The number of benzene rings is 1. The molecule has 1 saturated carbocycles. The van der Waals surface area contributed by atoms with E-state index in [0.29, 0.717) is 11.9 Å². The lowest BCUT2D eigenvalue weighted by molar-refractivity contribution is -0.110. The van der Waals surface area contributed by atoms with E-state index in [1.54, 1.807) is 17.2 Å². The molecule has 166 valence electrons. The van der Waals surface area contributed by atoms with E-state index < -0.39 is 11.5 Å². The van der Waals surface area contributed by atoms with Gasteiger partial charge in [0.05, 0.1) is 12.1 Å². The molecule has 0 bridgehead atoms. The number of guanidine groups is 1. The molecular weight excluding hydrogens is 420 g/mol. The standard InChI is InChI=1S/C25H28N4O2S/c1-25(28-24(26)29(2)3,22(14-30)18-8-6-17(7-9-18)16-4-5-16)23-11-20(15-32-23)19-10-21(31)13-27-12-19/h6-16,22,31H,4-5H2,1-3H3,(H2,26,28). The summed E-state index contributed by atoms with van der Waals surface area (Å²) in [5, 5.41) is 11.8. The van der Waals surface area contributed by atoms with Gasteiger partial charge in [-0.25, -0.2) is 4.99 Å².